The third kappa shape index (κ3) is 5.40. The predicted octanol–water partition coefficient (Wildman–Crippen LogP) is -0.199. The van der Waals surface area contributed by atoms with Crippen LogP contribution in [0.1, 0.15) is 6.92 Å². The lowest BCUT2D eigenvalue weighted by Gasteiger charge is -2.32. The Morgan fingerprint density at radius 2 is 1.85 bits per heavy atom. The van der Waals surface area contributed by atoms with Crippen LogP contribution in [0, 0.1) is 0 Å². The smallest absolute Gasteiger partial charge is 0.410 e. The summed E-state index contributed by atoms with van der Waals surface area (Å²) < 4.78 is 21.3. The number of carbonyl (C=O) groups is 1. The number of piperazine rings is 1. The Labute approximate surface area is 154 Å². The molecule has 0 aliphatic carbocycles. The zero-order chi connectivity index (χ0) is 18.9. The lowest BCUT2D eigenvalue weighted by Crippen LogP contribution is -3.16. The molecule has 1 aromatic rings. The normalized spacial score (nSPS) is 16.1. The first kappa shape index (κ1) is 20.1. The first-order valence-corrected chi connectivity index (χ1v) is 8.86. The van der Waals surface area contributed by atoms with Crippen molar-refractivity contribution in [3.05, 3.63) is 18.2 Å². The molecule has 1 amide bonds. The minimum atomic E-state index is -0.631. The second-order valence-corrected chi connectivity index (χ2v) is 6.10. The molecule has 0 saturated carbocycles. The van der Waals surface area contributed by atoms with Gasteiger partial charge in [0.15, 0.2) is 11.5 Å². The van der Waals surface area contributed by atoms with Gasteiger partial charge >= 0.3 is 6.09 Å². The number of hydrogen-bond donors (Lipinski definition) is 2. The van der Waals surface area contributed by atoms with Crippen molar-refractivity contribution < 1.29 is 33.7 Å². The second kappa shape index (κ2) is 10.1. The van der Waals surface area contributed by atoms with Crippen LogP contribution >= 0.6 is 0 Å². The fraction of sp³-hybridized carbons (Fsp3) is 0.611. The number of aliphatic hydroxyl groups is 1. The van der Waals surface area contributed by atoms with Crippen LogP contribution in [-0.4, -0.2) is 82.4 Å². The van der Waals surface area contributed by atoms with Crippen molar-refractivity contribution in [2.75, 3.05) is 60.2 Å². The van der Waals surface area contributed by atoms with Gasteiger partial charge in [0, 0.05) is 0 Å². The largest absolute Gasteiger partial charge is 0.493 e. The van der Waals surface area contributed by atoms with E-state index in [1.807, 2.05) is 6.07 Å². The van der Waals surface area contributed by atoms with Gasteiger partial charge in [-0.2, -0.15) is 0 Å². The number of hydrogen-bond acceptors (Lipinski definition) is 6. The van der Waals surface area contributed by atoms with Crippen molar-refractivity contribution >= 4 is 6.09 Å². The maximum atomic E-state index is 11.7. The third-order valence-corrected chi connectivity index (χ3v) is 4.32. The predicted molar refractivity (Wildman–Crippen MR) is 95.2 cm³/mol. The van der Waals surface area contributed by atoms with Crippen molar-refractivity contribution in [2.24, 2.45) is 0 Å². The SMILES string of the molecule is CCOC(=O)N1CC[NH+](C[C@H](O)COc2c(OC)cccc2OC)CC1. The van der Waals surface area contributed by atoms with E-state index in [0.717, 1.165) is 13.1 Å². The van der Waals surface area contributed by atoms with Crippen LogP contribution in [0.25, 0.3) is 0 Å². The summed E-state index contributed by atoms with van der Waals surface area (Å²) in [7, 11) is 3.12. The van der Waals surface area contributed by atoms with E-state index in [1.54, 1.807) is 38.2 Å². The standard InChI is InChI=1S/C18H28N2O6/c1-4-25-18(22)20-10-8-19(9-11-20)12-14(21)13-26-17-15(23-2)6-5-7-16(17)24-3/h5-7,14,21H,4,8-13H2,1-3H3/p+1/t14-/m0/s1. The highest BCUT2D eigenvalue weighted by molar-refractivity contribution is 5.67. The van der Waals surface area contributed by atoms with E-state index in [2.05, 4.69) is 0 Å². The Morgan fingerprint density at radius 1 is 1.23 bits per heavy atom. The van der Waals surface area contributed by atoms with Crippen molar-refractivity contribution in [1.82, 2.24) is 4.90 Å². The summed E-state index contributed by atoms with van der Waals surface area (Å²) in [6.45, 7) is 5.67. The van der Waals surface area contributed by atoms with E-state index in [9.17, 15) is 9.90 Å². The maximum Gasteiger partial charge on any atom is 0.410 e. The van der Waals surface area contributed by atoms with Crippen molar-refractivity contribution in [2.45, 2.75) is 13.0 Å². The number of para-hydroxylation sites is 1. The van der Waals surface area contributed by atoms with E-state index in [0.29, 0.717) is 43.5 Å². The number of carbonyl (C=O) groups excluding carboxylic acids is 1. The molecule has 0 spiro atoms. The van der Waals surface area contributed by atoms with E-state index < -0.39 is 6.10 Å². The molecule has 0 bridgehead atoms. The number of nitrogens with zero attached hydrogens (tertiary/aromatic N) is 1. The summed E-state index contributed by atoms with van der Waals surface area (Å²) in [6.07, 6.45) is -0.896. The lowest BCUT2D eigenvalue weighted by molar-refractivity contribution is -0.907. The van der Waals surface area contributed by atoms with E-state index in [-0.39, 0.29) is 12.7 Å². The number of quaternary nitrogens is 1. The highest BCUT2D eigenvalue weighted by atomic mass is 16.6. The van der Waals surface area contributed by atoms with Gasteiger partial charge in [0.25, 0.3) is 0 Å². The average Bonchev–Trinajstić information content (AvgIpc) is 2.66. The summed E-state index contributed by atoms with van der Waals surface area (Å²) in [4.78, 5) is 14.6. The minimum absolute atomic E-state index is 0.141. The van der Waals surface area contributed by atoms with E-state index >= 15 is 0 Å². The monoisotopic (exact) mass is 369 g/mol. The minimum Gasteiger partial charge on any atom is -0.493 e. The highest BCUT2D eigenvalue weighted by Gasteiger charge is 2.26. The van der Waals surface area contributed by atoms with Crippen LogP contribution in [0.15, 0.2) is 18.2 Å². The van der Waals surface area contributed by atoms with Crippen molar-refractivity contribution in [3.63, 3.8) is 0 Å². The third-order valence-electron chi connectivity index (χ3n) is 4.32. The summed E-state index contributed by atoms with van der Waals surface area (Å²) in [5, 5.41) is 10.3. The molecule has 1 aliphatic rings. The fourth-order valence-electron chi connectivity index (χ4n) is 2.96. The molecule has 0 radical (unpaired) electrons. The van der Waals surface area contributed by atoms with Crippen LogP contribution in [0.2, 0.25) is 0 Å². The number of benzene rings is 1. The first-order chi connectivity index (χ1) is 12.6. The lowest BCUT2D eigenvalue weighted by atomic mass is 10.2. The molecular formula is C18H29N2O6+. The number of ether oxygens (including phenoxy) is 4. The molecule has 8 heteroatoms. The van der Waals surface area contributed by atoms with E-state index in [4.69, 9.17) is 18.9 Å². The Bertz CT molecular complexity index is 553. The van der Waals surface area contributed by atoms with Crippen molar-refractivity contribution in [1.29, 1.82) is 0 Å². The van der Waals surface area contributed by atoms with Gasteiger partial charge in [-0.15, -0.1) is 0 Å². The molecule has 0 aromatic heterocycles. The molecule has 8 nitrogen and oxygen atoms in total. The summed E-state index contributed by atoms with van der Waals surface area (Å²) in [5.41, 5.74) is 0. The average molecular weight is 369 g/mol. The van der Waals surface area contributed by atoms with Gasteiger partial charge in [0.2, 0.25) is 5.75 Å². The van der Waals surface area contributed by atoms with Crippen molar-refractivity contribution in [3.8, 4) is 17.2 Å². The Kier molecular flexibility index (Phi) is 7.80. The molecule has 2 N–H and O–H groups in total. The van der Waals surface area contributed by atoms with Crippen LogP contribution in [0.5, 0.6) is 17.2 Å². The van der Waals surface area contributed by atoms with Gasteiger partial charge in [-0.1, -0.05) is 6.07 Å². The zero-order valence-electron chi connectivity index (χ0n) is 15.7. The molecule has 1 saturated heterocycles. The molecule has 1 heterocycles. The molecule has 26 heavy (non-hydrogen) atoms. The van der Waals surface area contributed by atoms with Crippen LogP contribution < -0.4 is 19.1 Å². The first-order valence-electron chi connectivity index (χ1n) is 8.86. The Morgan fingerprint density at radius 3 is 2.38 bits per heavy atom. The van der Waals surface area contributed by atoms with Gasteiger partial charge in [0.1, 0.15) is 19.3 Å². The van der Waals surface area contributed by atoms with Crippen LogP contribution in [0.3, 0.4) is 0 Å². The van der Waals surface area contributed by atoms with Gasteiger partial charge in [-0.05, 0) is 19.1 Å². The highest BCUT2D eigenvalue weighted by Crippen LogP contribution is 2.36. The topological polar surface area (TPSA) is 81.9 Å². The Hall–Kier alpha value is -2.19. The number of rotatable bonds is 8. The van der Waals surface area contributed by atoms with Crippen LogP contribution in [0.4, 0.5) is 4.79 Å². The van der Waals surface area contributed by atoms with Gasteiger partial charge in [-0.25, -0.2) is 4.79 Å². The molecule has 1 aliphatic heterocycles. The molecule has 1 atom stereocenters. The quantitative estimate of drug-likeness (QED) is 0.661. The fourth-order valence-corrected chi connectivity index (χ4v) is 2.96. The molecule has 146 valence electrons. The molecule has 1 aromatic carbocycles. The summed E-state index contributed by atoms with van der Waals surface area (Å²) in [5.74, 6) is 1.61. The number of nitrogens with one attached hydrogen (secondary N) is 1. The second-order valence-electron chi connectivity index (χ2n) is 6.10. The van der Waals surface area contributed by atoms with Gasteiger partial charge in [0.05, 0.1) is 47.0 Å². The summed E-state index contributed by atoms with van der Waals surface area (Å²) in [6, 6.07) is 5.38. The summed E-state index contributed by atoms with van der Waals surface area (Å²) >= 11 is 0. The maximum absolute atomic E-state index is 11.7. The molecular weight excluding hydrogens is 340 g/mol. The molecule has 1 fully saturated rings. The van der Waals surface area contributed by atoms with Crippen LogP contribution in [-0.2, 0) is 4.74 Å². The molecule has 2 rings (SSSR count). The number of methoxy groups -OCH3 is 2. The van der Waals surface area contributed by atoms with Gasteiger partial charge in [-0.3, -0.25) is 4.90 Å². The zero-order valence-corrected chi connectivity index (χ0v) is 15.7. The Balaban J connectivity index is 1.80. The van der Waals surface area contributed by atoms with E-state index in [1.165, 1.54) is 4.90 Å². The molecule has 0 unspecified atom stereocenters. The number of aliphatic hydroxyl groups excluding tert-OH is 1. The number of amides is 1. The van der Waals surface area contributed by atoms with Gasteiger partial charge < -0.3 is 29.0 Å².